The smallest absolute Gasteiger partial charge is 0.258 e. The zero-order valence-corrected chi connectivity index (χ0v) is 17.5. The van der Waals surface area contributed by atoms with Crippen molar-refractivity contribution in [3.63, 3.8) is 0 Å². The first kappa shape index (κ1) is 19.5. The summed E-state index contributed by atoms with van der Waals surface area (Å²) in [6.45, 7) is 2.92. The lowest BCUT2D eigenvalue weighted by Gasteiger charge is -2.18. The Morgan fingerprint density at radius 3 is 2.83 bits per heavy atom. The van der Waals surface area contributed by atoms with Gasteiger partial charge in [0.05, 0.1) is 12.7 Å². The number of carbonyl (C=O) groups is 1. The standard InChI is InChI=1S/C23H25N3O2S/c1-15-5-10-19-20(12-15)29-23(25-14-16-4-3-11-24-13-16)21(19)22(27)26-17-6-8-18(28-2)9-7-17/h3-4,6-9,11,13,15,25H,5,10,12,14H2,1-2H3,(H,26,27). The van der Waals surface area contributed by atoms with Gasteiger partial charge in [-0.05, 0) is 66.6 Å². The second-order valence-electron chi connectivity index (χ2n) is 7.45. The average molecular weight is 408 g/mol. The number of nitrogens with one attached hydrogen (secondary N) is 2. The molecule has 4 rings (SSSR count). The van der Waals surface area contributed by atoms with E-state index < -0.39 is 0 Å². The van der Waals surface area contributed by atoms with Gasteiger partial charge in [0.1, 0.15) is 10.8 Å². The van der Waals surface area contributed by atoms with E-state index in [1.807, 2.05) is 42.6 Å². The van der Waals surface area contributed by atoms with Crippen molar-refractivity contribution in [3.05, 3.63) is 70.4 Å². The Kier molecular flexibility index (Phi) is 5.81. The average Bonchev–Trinajstić information content (AvgIpc) is 3.11. The van der Waals surface area contributed by atoms with Gasteiger partial charge >= 0.3 is 0 Å². The molecule has 2 heterocycles. The van der Waals surface area contributed by atoms with Gasteiger partial charge in [-0.1, -0.05) is 13.0 Å². The highest BCUT2D eigenvalue weighted by molar-refractivity contribution is 7.16. The molecule has 0 radical (unpaired) electrons. The predicted molar refractivity (Wildman–Crippen MR) is 118 cm³/mol. The van der Waals surface area contributed by atoms with E-state index in [1.54, 1.807) is 24.6 Å². The van der Waals surface area contributed by atoms with Gasteiger partial charge in [0.15, 0.2) is 0 Å². The molecule has 0 fully saturated rings. The third-order valence-corrected chi connectivity index (χ3v) is 6.47. The van der Waals surface area contributed by atoms with Crippen LogP contribution in [0.2, 0.25) is 0 Å². The Morgan fingerprint density at radius 2 is 2.10 bits per heavy atom. The van der Waals surface area contributed by atoms with Gasteiger partial charge in [-0.15, -0.1) is 11.3 Å². The van der Waals surface area contributed by atoms with Crippen LogP contribution in [0.1, 0.15) is 39.7 Å². The van der Waals surface area contributed by atoms with Crippen molar-refractivity contribution in [1.82, 2.24) is 4.98 Å². The molecule has 29 heavy (non-hydrogen) atoms. The fourth-order valence-corrected chi connectivity index (χ4v) is 5.07. The number of nitrogens with zero attached hydrogens (tertiary/aromatic N) is 1. The minimum Gasteiger partial charge on any atom is -0.497 e. The zero-order valence-electron chi connectivity index (χ0n) is 16.7. The Hall–Kier alpha value is -2.86. The lowest BCUT2D eigenvalue weighted by atomic mass is 9.88. The van der Waals surface area contributed by atoms with Crippen LogP contribution in [0.5, 0.6) is 5.75 Å². The van der Waals surface area contributed by atoms with Crippen molar-refractivity contribution in [2.24, 2.45) is 5.92 Å². The number of anilines is 2. The largest absolute Gasteiger partial charge is 0.497 e. The summed E-state index contributed by atoms with van der Waals surface area (Å²) >= 11 is 1.72. The monoisotopic (exact) mass is 407 g/mol. The lowest BCUT2D eigenvalue weighted by Crippen LogP contribution is -2.17. The Bertz CT molecular complexity index is 983. The van der Waals surface area contributed by atoms with Crippen LogP contribution in [0, 0.1) is 5.92 Å². The van der Waals surface area contributed by atoms with Crippen molar-refractivity contribution < 1.29 is 9.53 Å². The minimum atomic E-state index is -0.0593. The number of hydrogen-bond donors (Lipinski definition) is 2. The maximum Gasteiger partial charge on any atom is 0.258 e. The summed E-state index contributed by atoms with van der Waals surface area (Å²) in [6, 6.07) is 11.4. The van der Waals surface area contributed by atoms with Crippen LogP contribution in [0.4, 0.5) is 10.7 Å². The first-order valence-electron chi connectivity index (χ1n) is 9.86. The number of aromatic nitrogens is 1. The van der Waals surface area contributed by atoms with E-state index in [0.717, 1.165) is 46.8 Å². The molecule has 1 unspecified atom stereocenters. The normalized spacial score (nSPS) is 15.4. The van der Waals surface area contributed by atoms with Crippen LogP contribution in [-0.4, -0.2) is 18.0 Å². The number of thiophene rings is 1. The summed E-state index contributed by atoms with van der Waals surface area (Å²) in [4.78, 5) is 18.7. The van der Waals surface area contributed by atoms with E-state index in [0.29, 0.717) is 12.5 Å². The van der Waals surface area contributed by atoms with Crippen LogP contribution >= 0.6 is 11.3 Å². The van der Waals surface area contributed by atoms with Gasteiger partial charge in [-0.2, -0.15) is 0 Å². The van der Waals surface area contributed by atoms with Crippen molar-refractivity contribution in [2.45, 2.75) is 32.7 Å². The molecule has 150 valence electrons. The summed E-state index contributed by atoms with van der Waals surface area (Å²) in [7, 11) is 1.63. The van der Waals surface area contributed by atoms with Gasteiger partial charge < -0.3 is 15.4 Å². The number of amides is 1. The summed E-state index contributed by atoms with van der Waals surface area (Å²) in [5.41, 5.74) is 3.84. The molecule has 1 aliphatic carbocycles. The molecule has 2 aromatic heterocycles. The molecule has 1 amide bonds. The number of hydrogen-bond acceptors (Lipinski definition) is 5. The maximum absolute atomic E-state index is 13.2. The molecule has 3 aromatic rings. The SMILES string of the molecule is COc1ccc(NC(=O)c2c(NCc3cccnc3)sc3c2CCC(C)C3)cc1. The van der Waals surface area contributed by atoms with E-state index in [4.69, 9.17) is 4.74 Å². The molecule has 1 aliphatic rings. The highest BCUT2D eigenvalue weighted by atomic mass is 32.1. The number of rotatable bonds is 6. The third kappa shape index (κ3) is 4.43. The molecule has 1 atom stereocenters. The molecule has 5 nitrogen and oxygen atoms in total. The Labute approximate surface area is 175 Å². The van der Waals surface area contributed by atoms with Gasteiger partial charge in [0.2, 0.25) is 0 Å². The quantitative estimate of drug-likeness (QED) is 0.594. The van der Waals surface area contributed by atoms with Crippen molar-refractivity contribution in [3.8, 4) is 5.75 Å². The zero-order chi connectivity index (χ0) is 20.2. The number of pyridine rings is 1. The molecular formula is C23H25N3O2S. The molecular weight excluding hydrogens is 382 g/mol. The molecule has 0 spiro atoms. The molecule has 6 heteroatoms. The fraction of sp³-hybridized carbons (Fsp3) is 0.304. The summed E-state index contributed by atoms with van der Waals surface area (Å²) in [5, 5.41) is 7.48. The van der Waals surface area contributed by atoms with E-state index in [1.165, 1.54) is 10.4 Å². The molecule has 0 aliphatic heterocycles. The van der Waals surface area contributed by atoms with Gasteiger partial charge in [-0.3, -0.25) is 9.78 Å². The number of benzene rings is 1. The molecule has 2 N–H and O–H groups in total. The topological polar surface area (TPSA) is 63.2 Å². The Balaban J connectivity index is 1.59. The van der Waals surface area contributed by atoms with Crippen LogP contribution < -0.4 is 15.4 Å². The molecule has 0 saturated heterocycles. The van der Waals surface area contributed by atoms with Crippen LogP contribution in [0.3, 0.4) is 0 Å². The van der Waals surface area contributed by atoms with Crippen molar-refractivity contribution >= 4 is 27.9 Å². The summed E-state index contributed by atoms with van der Waals surface area (Å²) in [5.74, 6) is 1.37. The molecule has 0 saturated carbocycles. The van der Waals surface area contributed by atoms with Crippen LogP contribution in [0.15, 0.2) is 48.8 Å². The van der Waals surface area contributed by atoms with Gasteiger partial charge in [0, 0.05) is 29.5 Å². The van der Waals surface area contributed by atoms with E-state index >= 15 is 0 Å². The third-order valence-electron chi connectivity index (χ3n) is 5.26. The number of carbonyl (C=O) groups excluding carboxylic acids is 1. The van der Waals surface area contributed by atoms with E-state index in [9.17, 15) is 4.79 Å². The van der Waals surface area contributed by atoms with Gasteiger partial charge in [-0.25, -0.2) is 0 Å². The lowest BCUT2D eigenvalue weighted by molar-refractivity contribution is 0.102. The minimum absolute atomic E-state index is 0.0593. The molecule has 0 bridgehead atoms. The second-order valence-corrected chi connectivity index (χ2v) is 8.56. The first-order chi connectivity index (χ1) is 14.1. The summed E-state index contributed by atoms with van der Waals surface area (Å²) in [6.07, 6.45) is 6.72. The predicted octanol–water partition coefficient (Wildman–Crippen LogP) is 5.14. The summed E-state index contributed by atoms with van der Waals surface area (Å²) < 4.78 is 5.20. The second kappa shape index (κ2) is 8.66. The number of fused-ring (bicyclic) bond motifs is 1. The van der Waals surface area contributed by atoms with E-state index in [-0.39, 0.29) is 5.91 Å². The fourth-order valence-electron chi connectivity index (χ4n) is 3.67. The Morgan fingerprint density at radius 1 is 1.28 bits per heavy atom. The molecule has 1 aromatic carbocycles. The van der Waals surface area contributed by atoms with Crippen LogP contribution in [0.25, 0.3) is 0 Å². The number of ether oxygens (including phenoxy) is 1. The highest BCUT2D eigenvalue weighted by Gasteiger charge is 2.27. The number of methoxy groups -OCH3 is 1. The van der Waals surface area contributed by atoms with E-state index in [2.05, 4.69) is 22.5 Å². The van der Waals surface area contributed by atoms with Crippen LogP contribution in [-0.2, 0) is 19.4 Å². The van der Waals surface area contributed by atoms with Crippen molar-refractivity contribution in [2.75, 3.05) is 17.7 Å². The highest BCUT2D eigenvalue weighted by Crippen LogP contribution is 2.40. The van der Waals surface area contributed by atoms with Crippen molar-refractivity contribution in [1.29, 1.82) is 0 Å². The van der Waals surface area contributed by atoms with Gasteiger partial charge in [0.25, 0.3) is 5.91 Å². The maximum atomic E-state index is 13.2. The first-order valence-corrected chi connectivity index (χ1v) is 10.7.